The van der Waals surface area contributed by atoms with E-state index >= 15 is 0 Å². The van der Waals surface area contributed by atoms with Gasteiger partial charge in [-0.25, -0.2) is 0 Å². The molecule has 1 rings (SSSR count). The molecule has 0 fully saturated rings. The normalized spacial score (nSPS) is 13.7. The number of nitrogens with two attached hydrogens (primary N) is 1. The van der Waals surface area contributed by atoms with Crippen molar-refractivity contribution in [3.05, 3.63) is 34.9 Å². The molecule has 0 aromatic heterocycles. The summed E-state index contributed by atoms with van der Waals surface area (Å²) in [5, 5.41) is 0. The standard InChI is InChI=1S/C14H20F3N/c1-3-4-5-6-13(18)12-8-7-11(9-10(12)2)14(15,16)17/h7-9,13H,3-6,18H2,1-2H3. The Hall–Kier alpha value is -1.03. The number of aryl methyl sites for hydroxylation is 1. The molecule has 1 aromatic rings. The Balaban J connectivity index is 2.79. The van der Waals surface area contributed by atoms with Gasteiger partial charge < -0.3 is 5.73 Å². The molecular weight excluding hydrogens is 239 g/mol. The van der Waals surface area contributed by atoms with E-state index in [4.69, 9.17) is 5.73 Å². The van der Waals surface area contributed by atoms with Crippen molar-refractivity contribution >= 4 is 0 Å². The Kier molecular flexibility index (Phi) is 5.20. The highest BCUT2D eigenvalue weighted by atomic mass is 19.4. The zero-order valence-corrected chi connectivity index (χ0v) is 10.8. The summed E-state index contributed by atoms with van der Waals surface area (Å²) in [6, 6.07) is 3.63. The minimum Gasteiger partial charge on any atom is -0.324 e. The number of rotatable bonds is 5. The van der Waals surface area contributed by atoms with Gasteiger partial charge in [-0.3, -0.25) is 0 Å². The van der Waals surface area contributed by atoms with Crippen LogP contribution in [0, 0.1) is 6.92 Å². The molecule has 102 valence electrons. The second-order valence-corrected chi connectivity index (χ2v) is 4.67. The number of halogens is 3. The van der Waals surface area contributed by atoms with E-state index in [0.717, 1.165) is 37.3 Å². The molecular formula is C14H20F3N. The molecule has 0 saturated carbocycles. The van der Waals surface area contributed by atoms with Gasteiger partial charge >= 0.3 is 6.18 Å². The number of alkyl halides is 3. The summed E-state index contributed by atoms with van der Waals surface area (Å²) >= 11 is 0. The molecule has 18 heavy (non-hydrogen) atoms. The summed E-state index contributed by atoms with van der Waals surface area (Å²) in [5.41, 5.74) is 6.85. The molecule has 1 atom stereocenters. The zero-order chi connectivity index (χ0) is 13.8. The first kappa shape index (κ1) is 15.0. The molecule has 0 saturated heterocycles. The fraction of sp³-hybridized carbons (Fsp3) is 0.571. The van der Waals surface area contributed by atoms with Crippen LogP contribution in [0.1, 0.15) is 55.3 Å². The smallest absolute Gasteiger partial charge is 0.324 e. The van der Waals surface area contributed by atoms with Gasteiger partial charge in [0.1, 0.15) is 0 Å². The predicted molar refractivity (Wildman–Crippen MR) is 67.3 cm³/mol. The first-order chi connectivity index (χ1) is 8.36. The van der Waals surface area contributed by atoms with E-state index in [-0.39, 0.29) is 6.04 Å². The van der Waals surface area contributed by atoms with Gasteiger partial charge in [-0.2, -0.15) is 13.2 Å². The molecule has 0 amide bonds. The van der Waals surface area contributed by atoms with E-state index in [9.17, 15) is 13.2 Å². The molecule has 0 bridgehead atoms. The average molecular weight is 259 g/mol. The van der Waals surface area contributed by atoms with E-state index in [2.05, 4.69) is 6.92 Å². The van der Waals surface area contributed by atoms with Crippen LogP contribution in [0.4, 0.5) is 13.2 Å². The summed E-state index contributed by atoms with van der Waals surface area (Å²) < 4.78 is 37.6. The largest absolute Gasteiger partial charge is 0.416 e. The Bertz CT molecular complexity index is 385. The lowest BCUT2D eigenvalue weighted by atomic mass is 9.95. The summed E-state index contributed by atoms with van der Waals surface area (Å²) in [4.78, 5) is 0. The maximum atomic E-state index is 12.5. The minimum absolute atomic E-state index is 0.168. The van der Waals surface area contributed by atoms with Gasteiger partial charge in [0, 0.05) is 6.04 Å². The van der Waals surface area contributed by atoms with Crippen molar-refractivity contribution in [2.45, 2.75) is 51.7 Å². The van der Waals surface area contributed by atoms with Crippen LogP contribution in [-0.2, 0) is 6.18 Å². The summed E-state index contributed by atoms with van der Waals surface area (Å²) in [6.07, 6.45) is -0.236. The first-order valence-electron chi connectivity index (χ1n) is 6.29. The van der Waals surface area contributed by atoms with E-state index < -0.39 is 11.7 Å². The molecule has 4 heteroatoms. The van der Waals surface area contributed by atoms with Crippen LogP contribution in [0.5, 0.6) is 0 Å². The third-order valence-corrected chi connectivity index (χ3v) is 3.12. The number of hydrogen-bond acceptors (Lipinski definition) is 1. The molecule has 0 radical (unpaired) electrons. The molecule has 2 N–H and O–H groups in total. The topological polar surface area (TPSA) is 26.0 Å². The van der Waals surface area contributed by atoms with Crippen LogP contribution in [0.25, 0.3) is 0 Å². The van der Waals surface area contributed by atoms with Gasteiger partial charge in [-0.1, -0.05) is 32.3 Å². The van der Waals surface area contributed by atoms with Crippen molar-refractivity contribution in [1.29, 1.82) is 0 Å². The fourth-order valence-electron chi connectivity index (χ4n) is 2.04. The zero-order valence-electron chi connectivity index (χ0n) is 10.8. The fourth-order valence-corrected chi connectivity index (χ4v) is 2.04. The Morgan fingerprint density at radius 3 is 2.39 bits per heavy atom. The van der Waals surface area contributed by atoms with Gasteiger partial charge in [0.15, 0.2) is 0 Å². The van der Waals surface area contributed by atoms with Crippen molar-refractivity contribution in [2.24, 2.45) is 5.73 Å². The molecule has 1 unspecified atom stereocenters. The highest BCUT2D eigenvalue weighted by Gasteiger charge is 2.30. The second-order valence-electron chi connectivity index (χ2n) is 4.67. The van der Waals surface area contributed by atoms with Crippen LogP contribution >= 0.6 is 0 Å². The van der Waals surface area contributed by atoms with Crippen molar-refractivity contribution in [3.8, 4) is 0 Å². The van der Waals surface area contributed by atoms with E-state index in [1.54, 1.807) is 6.92 Å². The molecule has 1 nitrogen and oxygen atoms in total. The third kappa shape index (κ3) is 4.02. The van der Waals surface area contributed by atoms with Gasteiger partial charge in [0.2, 0.25) is 0 Å². The van der Waals surface area contributed by atoms with Crippen LogP contribution in [0.2, 0.25) is 0 Å². The van der Waals surface area contributed by atoms with Gasteiger partial charge in [0.25, 0.3) is 0 Å². The Morgan fingerprint density at radius 2 is 1.89 bits per heavy atom. The van der Waals surface area contributed by atoms with Crippen LogP contribution in [0.3, 0.4) is 0 Å². The van der Waals surface area contributed by atoms with Crippen molar-refractivity contribution in [1.82, 2.24) is 0 Å². The monoisotopic (exact) mass is 259 g/mol. The first-order valence-corrected chi connectivity index (χ1v) is 6.29. The van der Waals surface area contributed by atoms with E-state index in [0.29, 0.717) is 5.56 Å². The SMILES string of the molecule is CCCCCC(N)c1ccc(C(F)(F)F)cc1C. The summed E-state index contributed by atoms with van der Waals surface area (Å²) in [5.74, 6) is 0. The lowest BCUT2D eigenvalue weighted by molar-refractivity contribution is -0.137. The highest BCUT2D eigenvalue weighted by molar-refractivity contribution is 5.34. The van der Waals surface area contributed by atoms with Crippen molar-refractivity contribution in [2.75, 3.05) is 0 Å². The maximum absolute atomic E-state index is 12.5. The van der Waals surface area contributed by atoms with E-state index in [1.165, 1.54) is 12.1 Å². The summed E-state index contributed by atoms with van der Waals surface area (Å²) in [7, 11) is 0. The summed E-state index contributed by atoms with van der Waals surface area (Å²) in [6.45, 7) is 3.79. The quantitative estimate of drug-likeness (QED) is 0.769. The van der Waals surface area contributed by atoms with Gasteiger partial charge in [-0.05, 0) is 36.6 Å². The highest BCUT2D eigenvalue weighted by Crippen LogP contribution is 2.32. The van der Waals surface area contributed by atoms with Gasteiger partial charge in [0.05, 0.1) is 5.56 Å². The minimum atomic E-state index is -4.28. The number of benzene rings is 1. The molecule has 0 aliphatic carbocycles. The lowest BCUT2D eigenvalue weighted by Gasteiger charge is -2.16. The third-order valence-electron chi connectivity index (χ3n) is 3.12. The van der Waals surface area contributed by atoms with Crippen molar-refractivity contribution in [3.63, 3.8) is 0 Å². The van der Waals surface area contributed by atoms with Gasteiger partial charge in [-0.15, -0.1) is 0 Å². The van der Waals surface area contributed by atoms with Crippen LogP contribution in [-0.4, -0.2) is 0 Å². The Morgan fingerprint density at radius 1 is 1.22 bits per heavy atom. The Labute approximate surface area is 106 Å². The average Bonchev–Trinajstić information content (AvgIpc) is 2.27. The lowest BCUT2D eigenvalue weighted by Crippen LogP contribution is -2.13. The van der Waals surface area contributed by atoms with Crippen LogP contribution in [0.15, 0.2) is 18.2 Å². The molecule has 0 spiro atoms. The second kappa shape index (κ2) is 6.23. The molecule has 1 aromatic carbocycles. The number of unbranched alkanes of at least 4 members (excludes halogenated alkanes) is 2. The molecule has 0 aliphatic heterocycles. The maximum Gasteiger partial charge on any atom is 0.416 e. The van der Waals surface area contributed by atoms with E-state index in [1.807, 2.05) is 0 Å². The molecule has 0 aliphatic rings. The van der Waals surface area contributed by atoms with Crippen LogP contribution < -0.4 is 5.73 Å². The van der Waals surface area contributed by atoms with Crippen molar-refractivity contribution < 1.29 is 13.2 Å². The number of hydrogen-bond donors (Lipinski definition) is 1. The predicted octanol–water partition coefficient (Wildman–Crippen LogP) is 4.59. The molecule has 0 heterocycles.